The van der Waals surface area contributed by atoms with E-state index in [0.29, 0.717) is 13.0 Å². The third-order valence-electron chi connectivity index (χ3n) is 6.71. The average Bonchev–Trinajstić information content (AvgIpc) is 3.15. The van der Waals surface area contributed by atoms with Gasteiger partial charge in [-0.3, -0.25) is 4.79 Å². The van der Waals surface area contributed by atoms with Gasteiger partial charge in [0.15, 0.2) is 0 Å². The lowest BCUT2D eigenvalue weighted by atomic mass is 9.77. The fraction of sp³-hybridized carbons (Fsp3) is 0.500. The number of ether oxygens (including phenoxy) is 1. The maximum Gasteiger partial charge on any atom is 0.243 e. The summed E-state index contributed by atoms with van der Waals surface area (Å²) in [6.07, 6.45) is 8.67. The summed E-state index contributed by atoms with van der Waals surface area (Å²) in [5, 5.41) is 4.42. The number of nitrogens with zero attached hydrogens (tertiary/aromatic N) is 1. The number of nitrogens with one attached hydrogen (secondary N) is 2. The van der Waals surface area contributed by atoms with Gasteiger partial charge >= 0.3 is 0 Å². The number of benzene rings is 1. The van der Waals surface area contributed by atoms with E-state index in [-0.39, 0.29) is 29.3 Å². The number of aromatic amines is 1. The maximum atomic E-state index is 13.2. The zero-order chi connectivity index (χ0) is 22.8. The van der Waals surface area contributed by atoms with E-state index in [1.807, 2.05) is 19.2 Å². The van der Waals surface area contributed by atoms with E-state index < -0.39 is 0 Å². The number of aromatic nitrogens is 1. The second-order valence-corrected chi connectivity index (χ2v) is 9.31. The van der Waals surface area contributed by atoms with Crippen molar-refractivity contribution in [1.29, 1.82) is 0 Å². The molecular formula is C26H37N3O2. The molecule has 0 spiro atoms. The van der Waals surface area contributed by atoms with Crippen molar-refractivity contribution in [3.8, 4) is 0 Å². The Balaban J connectivity index is 2.24. The van der Waals surface area contributed by atoms with Crippen molar-refractivity contribution in [1.82, 2.24) is 10.3 Å². The number of allylic oxidation sites excluding steroid dienone is 2. The van der Waals surface area contributed by atoms with Gasteiger partial charge in [-0.05, 0) is 42.4 Å². The Morgan fingerprint density at radius 3 is 2.71 bits per heavy atom. The van der Waals surface area contributed by atoms with Crippen LogP contribution in [0.5, 0.6) is 0 Å². The molecule has 0 fully saturated rings. The highest BCUT2D eigenvalue weighted by atomic mass is 16.5. The molecule has 0 bridgehead atoms. The molecule has 0 aliphatic carbocycles. The van der Waals surface area contributed by atoms with Gasteiger partial charge in [-0.15, -0.1) is 13.2 Å². The van der Waals surface area contributed by atoms with Crippen LogP contribution in [0, 0.1) is 5.92 Å². The molecule has 5 heteroatoms. The maximum absolute atomic E-state index is 13.2. The van der Waals surface area contributed by atoms with E-state index in [2.05, 4.69) is 67.5 Å². The summed E-state index contributed by atoms with van der Waals surface area (Å²) in [5.74, 6) is 0.210. The van der Waals surface area contributed by atoms with E-state index in [1.165, 1.54) is 16.5 Å². The summed E-state index contributed by atoms with van der Waals surface area (Å²) in [5.41, 5.74) is 4.45. The lowest BCUT2D eigenvalue weighted by Gasteiger charge is -2.34. The van der Waals surface area contributed by atoms with Gasteiger partial charge in [0, 0.05) is 36.8 Å². The van der Waals surface area contributed by atoms with Crippen LogP contribution < -0.4 is 10.2 Å². The lowest BCUT2D eigenvalue weighted by Crippen LogP contribution is -2.52. The topological polar surface area (TPSA) is 57.4 Å². The highest BCUT2D eigenvalue weighted by molar-refractivity contribution is 6.00. The van der Waals surface area contributed by atoms with E-state index in [0.717, 1.165) is 24.0 Å². The van der Waals surface area contributed by atoms with Crippen molar-refractivity contribution in [3.05, 3.63) is 54.8 Å². The molecule has 1 aromatic heterocycles. The van der Waals surface area contributed by atoms with E-state index in [1.54, 1.807) is 7.11 Å². The first-order valence-corrected chi connectivity index (χ1v) is 11.2. The number of amides is 1. The molecule has 3 rings (SSSR count). The summed E-state index contributed by atoms with van der Waals surface area (Å²) >= 11 is 0. The molecule has 1 amide bonds. The molecular weight excluding hydrogens is 386 g/mol. The fourth-order valence-corrected chi connectivity index (χ4v) is 4.96. The minimum absolute atomic E-state index is 0.0489. The van der Waals surface area contributed by atoms with Gasteiger partial charge in [-0.2, -0.15) is 0 Å². The van der Waals surface area contributed by atoms with Crippen LogP contribution in [0.25, 0.3) is 10.9 Å². The monoisotopic (exact) mass is 423 g/mol. The zero-order valence-electron chi connectivity index (χ0n) is 19.6. The predicted octanol–water partition coefficient (Wildman–Crippen LogP) is 4.73. The number of carbonyl (C=O) groups is 1. The van der Waals surface area contributed by atoms with Crippen molar-refractivity contribution in [2.24, 2.45) is 5.92 Å². The predicted molar refractivity (Wildman–Crippen MR) is 130 cm³/mol. The highest BCUT2D eigenvalue weighted by Crippen LogP contribution is 2.41. The molecule has 2 aromatic rings. The van der Waals surface area contributed by atoms with Crippen molar-refractivity contribution in [3.63, 3.8) is 0 Å². The first-order valence-electron chi connectivity index (χ1n) is 11.2. The van der Waals surface area contributed by atoms with Crippen LogP contribution in [0.15, 0.2) is 43.6 Å². The fourth-order valence-electron chi connectivity index (χ4n) is 4.96. The second kappa shape index (κ2) is 9.31. The summed E-state index contributed by atoms with van der Waals surface area (Å²) < 4.78 is 5.43. The minimum Gasteiger partial charge on any atom is -0.383 e. The van der Waals surface area contributed by atoms with Crippen LogP contribution in [0.4, 0.5) is 5.69 Å². The molecule has 0 radical (unpaired) electrons. The molecule has 1 aliphatic heterocycles. The molecule has 1 aliphatic rings. The largest absolute Gasteiger partial charge is 0.383 e. The molecule has 2 N–H and O–H groups in total. The second-order valence-electron chi connectivity index (χ2n) is 9.31. The summed E-state index contributed by atoms with van der Waals surface area (Å²) in [7, 11) is 3.70. The Kier molecular flexibility index (Phi) is 6.95. The third-order valence-corrected chi connectivity index (χ3v) is 6.71. The highest BCUT2D eigenvalue weighted by Gasteiger charge is 2.34. The van der Waals surface area contributed by atoms with Gasteiger partial charge in [0.05, 0.1) is 18.2 Å². The molecule has 1 aromatic carbocycles. The van der Waals surface area contributed by atoms with Crippen LogP contribution in [-0.4, -0.2) is 43.7 Å². The molecule has 0 saturated heterocycles. The molecule has 5 nitrogen and oxygen atoms in total. The van der Waals surface area contributed by atoms with Crippen molar-refractivity contribution in [2.75, 3.05) is 25.7 Å². The minimum atomic E-state index is -0.263. The summed E-state index contributed by atoms with van der Waals surface area (Å²) in [4.78, 5) is 18.9. The van der Waals surface area contributed by atoms with Gasteiger partial charge in [-0.1, -0.05) is 39.0 Å². The SMILES string of the molecule is C=CCCC(C)(C=C)c1ccc2c3c(c[nH]c13)CC(COC)NC(=O)C(C(C)C)N2C. The standard InChI is InChI=1S/C26H37N3O2/c1-8-10-13-26(5,9-2)20-11-12-21-22-18(15-27-23(20)22)14-19(16-31-7)28-25(30)24(17(3)4)29(21)6/h8-9,11-12,15,17,19,24,27H,1-2,10,13-14,16H2,3-7H3,(H,28,30). The van der Waals surface area contributed by atoms with Crippen LogP contribution in [-0.2, 0) is 21.4 Å². The number of rotatable bonds is 8. The van der Waals surface area contributed by atoms with Crippen molar-refractivity contribution in [2.45, 2.75) is 57.5 Å². The number of hydrogen-bond acceptors (Lipinski definition) is 3. The first kappa shape index (κ1) is 23.1. The van der Waals surface area contributed by atoms with E-state index >= 15 is 0 Å². The Labute approximate surface area is 186 Å². The van der Waals surface area contributed by atoms with Crippen molar-refractivity contribution < 1.29 is 9.53 Å². The zero-order valence-corrected chi connectivity index (χ0v) is 19.6. The molecule has 168 valence electrons. The van der Waals surface area contributed by atoms with Crippen LogP contribution in [0.3, 0.4) is 0 Å². The normalized spacial score (nSPS) is 21.2. The summed E-state index contributed by atoms with van der Waals surface area (Å²) in [6.45, 7) is 14.9. The van der Waals surface area contributed by atoms with Gasteiger partial charge in [0.2, 0.25) is 5.91 Å². The Morgan fingerprint density at radius 2 is 2.10 bits per heavy atom. The Bertz CT molecular complexity index is 961. The number of carbonyl (C=O) groups excluding carboxylic acids is 1. The number of hydrogen-bond donors (Lipinski definition) is 2. The lowest BCUT2D eigenvalue weighted by molar-refractivity contribution is -0.124. The molecule has 3 unspecified atom stereocenters. The quantitative estimate of drug-likeness (QED) is 0.604. The Morgan fingerprint density at radius 1 is 1.35 bits per heavy atom. The van der Waals surface area contributed by atoms with Crippen LogP contribution in [0.2, 0.25) is 0 Å². The number of likely N-dealkylation sites (N-methyl/N-ethyl adjacent to an activating group) is 1. The first-order chi connectivity index (χ1) is 14.8. The van der Waals surface area contributed by atoms with Gasteiger partial charge in [-0.25, -0.2) is 0 Å². The van der Waals surface area contributed by atoms with Gasteiger partial charge in [0.1, 0.15) is 6.04 Å². The van der Waals surface area contributed by atoms with Gasteiger partial charge < -0.3 is 19.9 Å². The smallest absolute Gasteiger partial charge is 0.243 e. The molecule has 3 atom stereocenters. The molecule has 31 heavy (non-hydrogen) atoms. The van der Waals surface area contributed by atoms with Crippen molar-refractivity contribution >= 4 is 22.5 Å². The number of H-pyrrole nitrogens is 1. The molecule has 2 heterocycles. The summed E-state index contributed by atoms with van der Waals surface area (Å²) in [6, 6.07) is 4.02. The number of anilines is 1. The third kappa shape index (κ3) is 4.29. The van der Waals surface area contributed by atoms with E-state index in [4.69, 9.17) is 4.74 Å². The van der Waals surface area contributed by atoms with Crippen LogP contribution >= 0.6 is 0 Å². The Hall–Kier alpha value is -2.53. The van der Waals surface area contributed by atoms with E-state index in [9.17, 15) is 4.79 Å². The number of methoxy groups -OCH3 is 1. The van der Waals surface area contributed by atoms with Crippen LogP contribution in [0.1, 0.15) is 44.7 Å². The average molecular weight is 424 g/mol. The molecule has 0 saturated carbocycles. The van der Waals surface area contributed by atoms with Gasteiger partial charge in [0.25, 0.3) is 0 Å².